The average molecular weight is 368 g/mol. The zero-order valence-electron chi connectivity index (χ0n) is 16.0. The van der Waals surface area contributed by atoms with Crippen LogP contribution in [-0.4, -0.2) is 57.2 Å². The van der Waals surface area contributed by atoms with Crippen LogP contribution < -0.4 is 4.90 Å². The Morgan fingerprint density at radius 2 is 1.96 bits per heavy atom. The molecule has 2 aromatic heterocycles. The Bertz CT molecular complexity index is 774. The number of hydrogen-bond donors (Lipinski definition) is 1. The van der Waals surface area contributed by atoms with E-state index in [0.717, 1.165) is 74.6 Å². The highest BCUT2D eigenvalue weighted by Gasteiger charge is 2.27. The van der Waals surface area contributed by atoms with Crippen molar-refractivity contribution in [1.82, 2.24) is 25.1 Å². The summed E-state index contributed by atoms with van der Waals surface area (Å²) < 4.78 is 0. The molecule has 7 nitrogen and oxygen atoms in total. The summed E-state index contributed by atoms with van der Waals surface area (Å²) in [6.45, 7) is 5.83. The highest BCUT2D eigenvalue weighted by atomic mass is 16.2. The molecule has 0 aliphatic carbocycles. The van der Waals surface area contributed by atoms with E-state index >= 15 is 0 Å². The molecular weight excluding hydrogens is 340 g/mol. The van der Waals surface area contributed by atoms with Crippen LogP contribution in [0.25, 0.3) is 0 Å². The zero-order chi connectivity index (χ0) is 18.6. The normalized spacial score (nSPS) is 18.3. The van der Waals surface area contributed by atoms with E-state index in [4.69, 9.17) is 0 Å². The first-order chi connectivity index (χ1) is 13.3. The van der Waals surface area contributed by atoms with Crippen molar-refractivity contribution in [2.24, 2.45) is 0 Å². The van der Waals surface area contributed by atoms with E-state index in [9.17, 15) is 4.79 Å². The fourth-order valence-electron chi connectivity index (χ4n) is 4.19. The maximum absolute atomic E-state index is 12.9. The summed E-state index contributed by atoms with van der Waals surface area (Å²) in [4.78, 5) is 26.2. The Kier molecular flexibility index (Phi) is 5.36. The fraction of sp³-hybridized carbons (Fsp3) is 0.600. The largest absolute Gasteiger partial charge is 0.357 e. The van der Waals surface area contributed by atoms with Gasteiger partial charge in [0.05, 0.1) is 11.8 Å². The van der Waals surface area contributed by atoms with Crippen molar-refractivity contribution in [3.05, 3.63) is 35.5 Å². The highest BCUT2D eigenvalue weighted by molar-refractivity contribution is 5.95. The van der Waals surface area contributed by atoms with Gasteiger partial charge in [-0.25, -0.2) is 9.97 Å². The minimum Gasteiger partial charge on any atom is -0.357 e. The molecule has 0 aromatic carbocycles. The van der Waals surface area contributed by atoms with Gasteiger partial charge in [0, 0.05) is 49.6 Å². The zero-order valence-corrected chi connectivity index (χ0v) is 16.0. The lowest BCUT2D eigenvalue weighted by molar-refractivity contribution is 0.0711. The Labute approximate surface area is 160 Å². The first-order valence-corrected chi connectivity index (χ1v) is 10.1. The summed E-state index contributed by atoms with van der Waals surface area (Å²) in [6.07, 6.45) is 9.61. The van der Waals surface area contributed by atoms with Crippen LogP contribution >= 0.6 is 0 Å². The lowest BCUT2D eigenvalue weighted by Gasteiger charge is -2.32. The third kappa shape index (κ3) is 3.82. The minimum absolute atomic E-state index is 0.103. The summed E-state index contributed by atoms with van der Waals surface area (Å²) in [7, 11) is 0. The molecule has 4 rings (SSSR count). The first-order valence-electron chi connectivity index (χ1n) is 10.1. The van der Waals surface area contributed by atoms with Gasteiger partial charge in [0.25, 0.3) is 5.91 Å². The molecule has 0 atom stereocenters. The molecule has 1 amide bonds. The minimum atomic E-state index is 0.103. The van der Waals surface area contributed by atoms with E-state index in [2.05, 4.69) is 38.1 Å². The van der Waals surface area contributed by atoms with Crippen molar-refractivity contribution in [2.75, 3.05) is 31.1 Å². The van der Waals surface area contributed by atoms with Crippen LogP contribution in [0.3, 0.4) is 0 Å². The van der Waals surface area contributed by atoms with Crippen LogP contribution in [-0.2, 0) is 6.42 Å². The van der Waals surface area contributed by atoms with Crippen LogP contribution in [0.2, 0.25) is 0 Å². The number of H-pyrrole nitrogens is 1. The number of nitrogens with zero attached hydrogens (tertiary/aromatic N) is 5. The van der Waals surface area contributed by atoms with Crippen LogP contribution in [0.5, 0.6) is 0 Å². The molecule has 2 aliphatic rings. The van der Waals surface area contributed by atoms with Gasteiger partial charge in [-0.3, -0.25) is 9.89 Å². The summed E-state index contributed by atoms with van der Waals surface area (Å²) in [5, 5.41) is 7.05. The Morgan fingerprint density at radius 3 is 2.70 bits per heavy atom. The van der Waals surface area contributed by atoms with Gasteiger partial charge in [-0.05, 0) is 32.1 Å². The number of rotatable bonds is 5. The molecule has 2 aromatic rings. The third-order valence-corrected chi connectivity index (χ3v) is 5.75. The van der Waals surface area contributed by atoms with Gasteiger partial charge >= 0.3 is 0 Å². The van der Waals surface area contributed by atoms with E-state index in [1.165, 1.54) is 12.8 Å². The van der Waals surface area contributed by atoms with Crippen molar-refractivity contribution >= 4 is 11.7 Å². The summed E-state index contributed by atoms with van der Waals surface area (Å²) >= 11 is 0. The Morgan fingerprint density at radius 1 is 1.19 bits per heavy atom. The maximum atomic E-state index is 12.9. The van der Waals surface area contributed by atoms with Gasteiger partial charge < -0.3 is 9.80 Å². The lowest BCUT2D eigenvalue weighted by atomic mass is 9.92. The number of aromatic nitrogens is 4. The number of aromatic amines is 1. The lowest BCUT2D eigenvalue weighted by Crippen LogP contribution is -2.38. The number of carbonyl (C=O) groups is 1. The van der Waals surface area contributed by atoms with Crippen molar-refractivity contribution in [3.8, 4) is 0 Å². The number of hydrogen-bond acceptors (Lipinski definition) is 5. The number of amides is 1. The van der Waals surface area contributed by atoms with E-state index in [0.29, 0.717) is 5.92 Å². The molecule has 7 heteroatoms. The summed E-state index contributed by atoms with van der Waals surface area (Å²) in [5.74, 6) is 1.56. The van der Waals surface area contributed by atoms with Crippen LogP contribution in [0.15, 0.2) is 18.6 Å². The van der Waals surface area contributed by atoms with Gasteiger partial charge in [-0.15, -0.1) is 0 Å². The van der Waals surface area contributed by atoms with E-state index in [1.54, 1.807) is 12.5 Å². The predicted molar refractivity (Wildman–Crippen MR) is 104 cm³/mol. The SMILES string of the molecule is CCCc1[nH]ncc1C(=O)N1CCC(c2cc(N3CCCC3)ncn2)CC1. The summed E-state index contributed by atoms with van der Waals surface area (Å²) in [6, 6.07) is 2.16. The molecule has 0 bridgehead atoms. The number of likely N-dealkylation sites (tertiary alicyclic amines) is 1. The molecule has 2 aliphatic heterocycles. The van der Waals surface area contributed by atoms with E-state index in [1.807, 2.05) is 4.90 Å². The van der Waals surface area contributed by atoms with Crippen molar-refractivity contribution in [3.63, 3.8) is 0 Å². The van der Waals surface area contributed by atoms with E-state index < -0.39 is 0 Å². The van der Waals surface area contributed by atoms with Crippen molar-refractivity contribution in [2.45, 2.75) is 51.4 Å². The Hall–Kier alpha value is -2.44. The van der Waals surface area contributed by atoms with Gasteiger partial charge in [0.15, 0.2) is 0 Å². The quantitative estimate of drug-likeness (QED) is 0.878. The smallest absolute Gasteiger partial charge is 0.257 e. The molecule has 27 heavy (non-hydrogen) atoms. The second-order valence-electron chi connectivity index (χ2n) is 7.57. The third-order valence-electron chi connectivity index (χ3n) is 5.75. The van der Waals surface area contributed by atoms with Crippen LogP contribution in [0.1, 0.15) is 66.7 Å². The number of aryl methyl sites for hydroxylation is 1. The number of carbonyl (C=O) groups excluding carboxylic acids is 1. The monoisotopic (exact) mass is 368 g/mol. The molecule has 4 heterocycles. The molecule has 0 saturated carbocycles. The van der Waals surface area contributed by atoms with Gasteiger partial charge in [-0.2, -0.15) is 5.10 Å². The average Bonchev–Trinajstić information content (AvgIpc) is 3.40. The van der Waals surface area contributed by atoms with Crippen molar-refractivity contribution < 1.29 is 4.79 Å². The molecular formula is C20H28N6O. The molecule has 144 valence electrons. The molecule has 0 radical (unpaired) electrons. The number of anilines is 1. The maximum Gasteiger partial charge on any atom is 0.257 e. The number of piperidine rings is 1. The second kappa shape index (κ2) is 8.06. The van der Waals surface area contributed by atoms with Gasteiger partial charge in [0.1, 0.15) is 12.1 Å². The molecule has 0 unspecified atom stereocenters. The van der Waals surface area contributed by atoms with Crippen LogP contribution in [0.4, 0.5) is 5.82 Å². The van der Waals surface area contributed by atoms with Gasteiger partial charge in [-0.1, -0.05) is 13.3 Å². The van der Waals surface area contributed by atoms with Crippen molar-refractivity contribution in [1.29, 1.82) is 0 Å². The highest BCUT2D eigenvalue weighted by Crippen LogP contribution is 2.29. The first kappa shape index (κ1) is 17.9. The van der Waals surface area contributed by atoms with Gasteiger partial charge in [0.2, 0.25) is 0 Å². The fourth-order valence-corrected chi connectivity index (χ4v) is 4.19. The molecule has 2 fully saturated rings. The molecule has 0 spiro atoms. The standard InChI is InChI=1S/C20H28N6O/c1-2-5-17-16(13-23-24-17)20(27)26-10-6-15(7-11-26)18-12-19(22-14-21-18)25-8-3-4-9-25/h12-15H,2-11H2,1H3,(H,23,24). The summed E-state index contributed by atoms with van der Waals surface area (Å²) in [5.41, 5.74) is 2.80. The number of nitrogens with one attached hydrogen (secondary N) is 1. The second-order valence-corrected chi connectivity index (χ2v) is 7.57. The topological polar surface area (TPSA) is 78.0 Å². The predicted octanol–water partition coefficient (Wildman–Crippen LogP) is 2.77. The molecule has 1 N–H and O–H groups in total. The van der Waals surface area contributed by atoms with E-state index in [-0.39, 0.29) is 5.91 Å². The molecule has 2 saturated heterocycles. The Balaban J connectivity index is 1.39. The van der Waals surface area contributed by atoms with Crippen LogP contribution in [0, 0.1) is 0 Å².